The van der Waals surface area contributed by atoms with Gasteiger partial charge in [0.2, 0.25) is 10.0 Å². The normalized spacial score (nSPS) is 16.8. The van der Waals surface area contributed by atoms with Gasteiger partial charge in [-0.2, -0.15) is 22.5 Å². The number of fused-ring (bicyclic) bond motifs is 1. The molecule has 4 rings (SSSR count). The number of nitrogens with zero attached hydrogens (tertiary/aromatic N) is 2. The highest BCUT2D eigenvalue weighted by molar-refractivity contribution is 7.89. The molecule has 0 atom stereocenters. The predicted molar refractivity (Wildman–Crippen MR) is 103 cm³/mol. The molecule has 0 radical (unpaired) electrons. The summed E-state index contributed by atoms with van der Waals surface area (Å²) >= 11 is 1.21. The lowest BCUT2D eigenvalue weighted by Crippen LogP contribution is -2.41. The Morgan fingerprint density at radius 3 is 2.33 bits per heavy atom. The van der Waals surface area contributed by atoms with Crippen LogP contribution >= 0.6 is 11.3 Å². The van der Waals surface area contributed by atoms with Crippen LogP contribution in [-0.4, -0.2) is 36.9 Å². The van der Waals surface area contributed by atoms with Crippen molar-refractivity contribution in [3.63, 3.8) is 0 Å². The number of hydrogen-bond acceptors (Lipinski definition) is 5. The van der Waals surface area contributed by atoms with Gasteiger partial charge in [0.25, 0.3) is 5.19 Å². The number of hydrogen-bond donors (Lipinski definition) is 0. The van der Waals surface area contributed by atoms with E-state index >= 15 is 0 Å². The lowest BCUT2D eigenvalue weighted by Gasteiger charge is -2.30. The van der Waals surface area contributed by atoms with E-state index in [1.165, 1.54) is 21.7 Å². The summed E-state index contributed by atoms with van der Waals surface area (Å²) in [6.07, 6.45) is -4.04. The second-order valence-electron chi connectivity index (χ2n) is 6.81. The maximum absolute atomic E-state index is 13.8. The monoisotopic (exact) mass is 460 g/mol. The van der Waals surface area contributed by atoms with Crippen molar-refractivity contribution in [1.29, 1.82) is 0 Å². The van der Waals surface area contributed by atoms with Crippen LogP contribution in [0.5, 0.6) is 5.19 Å². The standard InChI is InChI=1S/C19H16F4N2O3S2/c20-15-2-1-3-16-17(15)24-18(29-16)28-13-8-10-25(11-9-13)30(26,27)14-6-4-12(5-7-14)19(21,22)23/h1-7,13H,8-11H2. The number of benzene rings is 2. The third-order valence-corrected chi connectivity index (χ3v) is 7.66. The van der Waals surface area contributed by atoms with Crippen LogP contribution in [-0.2, 0) is 16.2 Å². The summed E-state index contributed by atoms with van der Waals surface area (Å²) in [6, 6.07) is 8.10. The molecule has 30 heavy (non-hydrogen) atoms. The van der Waals surface area contributed by atoms with Crippen LogP contribution in [0.2, 0.25) is 0 Å². The largest absolute Gasteiger partial charge is 0.467 e. The number of piperidine rings is 1. The van der Waals surface area contributed by atoms with Gasteiger partial charge < -0.3 is 4.74 Å². The molecule has 11 heteroatoms. The molecule has 0 amide bonds. The first kappa shape index (κ1) is 21.0. The lowest BCUT2D eigenvalue weighted by atomic mass is 10.1. The van der Waals surface area contributed by atoms with E-state index in [4.69, 9.17) is 4.74 Å². The topological polar surface area (TPSA) is 59.5 Å². The van der Waals surface area contributed by atoms with E-state index in [1.807, 2.05) is 0 Å². The van der Waals surface area contributed by atoms with E-state index in [1.54, 1.807) is 12.1 Å². The summed E-state index contributed by atoms with van der Waals surface area (Å²) < 4.78 is 85.0. The molecule has 0 aliphatic carbocycles. The van der Waals surface area contributed by atoms with Crippen LogP contribution in [0.3, 0.4) is 0 Å². The van der Waals surface area contributed by atoms with Crippen LogP contribution in [0.25, 0.3) is 10.2 Å². The molecule has 1 aromatic heterocycles. The summed E-state index contributed by atoms with van der Waals surface area (Å²) in [7, 11) is -3.90. The quantitative estimate of drug-likeness (QED) is 0.531. The predicted octanol–water partition coefficient (Wildman–Crippen LogP) is 4.69. The smallest absolute Gasteiger partial charge is 0.416 e. The first-order valence-electron chi connectivity index (χ1n) is 9.04. The number of para-hydroxylation sites is 1. The van der Waals surface area contributed by atoms with Gasteiger partial charge in [-0.05, 0) is 49.2 Å². The number of aromatic nitrogens is 1. The molecule has 1 aliphatic rings. The van der Waals surface area contributed by atoms with Gasteiger partial charge in [0.05, 0.1) is 15.2 Å². The van der Waals surface area contributed by atoms with E-state index in [0.29, 0.717) is 22.7 Å². The minimum Gasteiger partial charge on any atom is -0.467 e. The SMILES string of the molecule is O=S(=O)(c1ccc(C(F)(F)F)cc1)N1CCC(Oc2nc3c(F)cccc3s2)CC1. The summed E-state index contributed by atoms with van der Waals surface area (Å²) in [6.45, 7) is 0.320. The molecule has 0 unspecified atom stereocenters. The first-order chi connectivity index (χ1) is 14.1. The van der Waals surface area contributed by atoms with Crippen LogP contribution in [0.1, 0.15) is 18.4 Å². The van der Waals surface area contributed by atoms with Crippen LogP contribution in [0.15, 0.2) is 47.4 Å². The van der Waals surface area contributed by atoms with Gasteiger partial charge >= 0.3 is 6.18 Å². The molecule has 160 valence electrons. The maximum atomic E-state index is 13.8. The zero-order chi connectivity index (χ0) is 21.5. The highest BCUT2D eigenvalue weighted by Gasteiger charge is 2.33. The van der Waals surface area contributed by atoms with E-state index in [9.17, 15) is 26.0 Å². The highest BCUT2D eigenvalue weighted by atomic mass is 32.2. The minimum absolute atomic E-state index is 0.160. The molecule has 0 N–H and O–H groups in total. The highest BCUT2D eigenvalue weighted by Crippen LogP contribution is 2.33. The minimum atomic E-state index is -4.53. The van der Waals surface area contributed by atoms with E-state index < -0.39 is 27.6 Å². The summed E-state index contributed by atoms with van der Waals surface area (Å²) in [5.74, 6) is -0.434. The van der Waals surface area contributed by atoms with Crippen molar-refractivity contribution in [2.45, 2.75) is 30.0 Å². The van der Waals surface area contributed by atoms with Crippen molar-refractivity contribution in [2.24, 2.45) is 0 Å². The first-order valence-corrected chi connectivity index (χ1v) is 11.3. The Hall–Kier alpha value is -2.24. The molecule has 2 heterocycles. The Bertz CT molecular complexity index is 1150. The number of ether oxygens (including phenoxy) is 1. The molecule has 2 aromatic carbocycles. The lowest BCUT2D eigenvalue weighted by molar-refractivity contribution is -0.137. The fraction of sp³-hybridized carbons (Fsp3) is 0.316. The van der Waals surface area contributed by atoms with Gasteiger partial charge in [-0.25, -0.2) is 12.8 Å². The zero-order valence-electron chi connectivity index (χ0n) is 15.4. The number of rotatable bonds is 4. The molecule has 1 aliphatic heterocycles. The molecular formula is C19H16F4N2O3S2. The molecule has 0 bridgehead atoms. The number of alkyl halides is 3. The molecule has 1 saturated heterocycles. The molecule has 0 saturated carbocycles. The van der Waals surface area contributed by atoms with Crippen LogP contribution in [0, 0.1) is 5.82 Å². The summed E-state index contributed by atoms with van der Waals surface area (Å²) in [5, 5.41) is 0.319. The van der Waals surface area contributed by atoms with Crippen molar-refractivity contribution >= 4 is 31.6 Å². The third kappa shape index (κ3) is 4.14. The zero-order valence-corrected chi connectivity index (χ0v) is 17.0. The Balaban J connectivity index is 1.41. The van der Waals surface area contributed by atoms with Crippen molar-refractivity contribution in [1.82, 2.24) is 9.29 Å². The second-order valence-corrected chi connectivity index (χ2v) is 9.74. The van der Waals surface area contributed by atoms with Crippen molar-refractivity contribution in [3.05, 3.63) is 53.8 Å². The molecular weight excluding hydrogens is 444 g/mol. The Morgan fingerprint density at radius 1 is 1.07 bits per heavy atom. The van der Waals surface area contributed by atoms with Crippen LogP contribution in [0.4, 0.5) is 17.6 Å². The Kier molecular flexibility index (Phi) is 5.45. The molecule has 5 nitrogen and oxygen atoms in total. The van der Waals surface area contributed by atoms with Crippen LogP contribution < -0.4 is 4.74 Å². The van der Waals surface area contributed by atoms with Gasteiger partial charge in [0, 0.05) is 13.1 Å². The number of halogens is 4. The average Bonchev–Trinajstić information content (AvgIpc) is 3.12. The molecule has 0 spiro atoms. The van der Waals surface area contributed by atoms with E-state index in [-0.39, 0.29) is 29.6 Å². The van der Waals surface area contributed by atoms with Gasteiger partial charge in [0.15, 0.2) is 0 Å². The second kappa shape index (κ2) is 7.78. The molecule has 1 fully saturated rings. The van der Waals surface area contributed by atoms with Gasteiger partial charge in [-0.3, -0.25) is 0 Å². The Morgan fingerprint density at radius 2 is 1.73 bits per heavy atom. The van der Waals surface area contributed by atoms with Gasteiger partial charge in [-0.15, -0.1) is 0 Å². The van der Waals surface area contributed by atoms with Crippen molar-refractivity contribution < 1.29 is 30.7 Å². The van der Waals surface area contributed by atoms with Crippen molar-refractivity contribution in [2.75, 3.05) is 13.1 Å². The van der Waals surface area contributed by atoms with Crippen molar-refractivity contribution in [3.8, 4) is 5.19 Å². The Labute approximate surface area is 174 Å². The van der Waals surface area contributed by atoms with E-state index in [0.717, 1.165) is 24.3 Å². The average molecular weight is 460 g/mol. The number of thiazole rings is 1. The third-order valence-electron chi connectivity index (χ3n) is 4.84. The maximum Gasteiger partial charge on any atom is 0.416 e. The molecule has 3 aromatic rings. The summed E-state index contributed by atoms with van der Waals surface area (Å²) in [4.78, 5) is 3.96. The fourth-order valence-corrected chi connectivity index (χ4v) is 5.61. The summed E-state index contributed by atoms with van der Waals surface area (Å²) in [5.41, 5.74) is -0.666. The number of sulfonamides is 1. The van der Waals surface area contributed by atoms with Gasteiger partial charge in [-0.1, -0.05) is 17.4 Å². The fourth-order valence-electron chi connectivity index (χ4n) is 3.24. The van der Waals surface area contributed by atoms with Gasteiger partial charge in [0.1, 0.15) is 17.4 Å². The van der Waals surface area contributed by atoms with E-state index in [2.05, 4.69) is 4.98 Å².